The van der Waals surface area contributed by atoms with E-state index in [1.54, 1.807) is 30.3 Å². The molecule has 27 heavy (non-hydrogen) atoms. The van der Waals surface area contributed by atoms with E-state index >= 15 is 0 Å². The summed E-state index contributed by atoms with van der Waals surface area (Å²) >= 11 is 6.16. The summed E-state index contributed by atoms with van der Waals surface area (Å²) in [7, 11) is 1.27. The molecule has 0 aromatic heterocycles. The van der Waals surface area contributed by atoms with Gasteiger partial charge < -0.3 is 20.1 Å². The Morgan fingerprint density at radius 2 is 1.96 bits per heavy atom. The number of benzene rings is 2. The zero-order chi connectivity index (χ0) is 19.6. The van der Waals surface area contributed by atoms with Crippen molar-refractivity contribution < 1.29 is 23.5 Å². The van der Waals surface area contributed by atoms with Gasteiger partial charge in [-0.25, -0.2) is 9.18 Å². The van der Waals surface area contributed by atoms with Gasteiger partial charge in [-0.2, -0.15) is 0 Å². The fraction of sp³-hybridized carbons (Fsp3) is 0.263. The maximum atomic E-state index is 13.1. The lowest BCUT2D eigenvalue weighted by Gasteiger charge is -2.19. The normalized spacial score (nSPS) is 11.4. The van der Waals surface area contributed by atoms with E-state index in [9.17, 15) is 14.0 Å². The summed E-state index contributed by atoms with van der Waals surface area (Å²) < 4.78 is 23.1. The SMILES string of the molecule is COC(=O)CC(NC(=O)NCCOc1cccc(F)c1)c1ccccc1Cl. The highest BCUT2D eigenvalue weighted by molar-refractivity contribution is 6.31. The third-order valence-electron chi connectivity index (χ3n) is 3.64. The molecule has 0 heterocycles. The Morgan fingerprint density at radius 3 is 2.67 bits per heavy atom. The first-order valence-corrected chi connectivity index (χ1v) is 8.61. The average Bonchev–Trinajstić information content (AvgIpc) is 2.65. The molecule has 0 aliphatic rings. The van der Waals surface area contributed by atoms with Crippen LogP contribution in [0.1, 0.15) is 18.0 Å². The second-order valence-electron chi connectivity index (χ2n) is 5.56. The number of nitrogens with one attached hydrogen (secondary N) is 2. The van der Waals surface area contributed by atoms with Crippen LogP contribution >= 0.6 is 11.6 Å². The van der Waals surface area contributed by atoms with Gasteiger partial charge in [-0.05, 0) is 23.8 Å². The third kappa shape index (κ3) is 6.79. The van der Waals surface area contributed by atoms with Gasteiger partial charge in [-0.15, -0.1) is 0 Å². The number of methoxy groups -OCH3 is 1. The van der Waals surface area contributed by atoms with Crippen LogP contribution in [0.2, 0.25) is 5.02 Å². The molecule has 0 bridgehead atoms. The summed E-state index contributed by atoms with van der Waals surface area (Å²) in [6.07, 6.45) is -0.0621. The molecule has 6 nitrogen and oxygen atoms in total. The summed E-state index contributed by atoms with van der Waals surface area (Å²) in [6, 6.07) is 11.5. The van der Waals surface area contributed by atoms with Crippen LogP contribution in [0.5, 0.6) is 5.75 Å². The van der Waals surface area contributed by atoms with E-state index in [0.717, 1.165) is 0 Å². The van der Waals surface area contributed by atoms with Crippen molar-refractivity contribution >= 4 is 23.6 Å². The lowest BCUT2D eigenvalue weighted by Crippen LogP contribution is -2.40. The molecule has 0 spiro atoms. The van der Waals surface area contributed by atoms with Gasteiger partial charge in [0.1, 0.15) is 18.2 Å². The molecule has 0 saturated heterocycles. The average molecular weight is 395 g/mol. The third-order valence-corrected chi connectivity index (χ3v) is 3.98. The number of carbonyl (C=O) groups excluding carboxylic acids is 2. The van der Waals surface area contributed by atoms with E-state index in [1.807, 2.05) is 0 Å². The van der Waals surface area contributed by atoms with E-state index in [4.69, 9.17) is 16.3 Å². The molecule has 0 saturated carbocycles. The number of urea groups is 1. The molecule has 1 unspecified atom stereocenters. The molecule has 2 aromatic rings. The number of rotatable bonds is 8. The molecule has 8 heteroatoms. The monoisotopic (exact) mass is 394 g/mol. The predicted molar refractivity (Wildman–Crippen MR) is 99.3 cm³/mol. The fourth-order valence-electron chi connectivity index (χ4n) is 2.35. The smallest absolute Gasteiger partial charge is 0.315 e. The molecule has 0 aliphatic heterocycles. The van der Waals surface area contributed by atoms with E-state index in [-0.39, 0.29) is 19.6 Å². The minimum atomic E-state index is -0.643. The summed E-state index contributed by atoms with van der Waals surface area (Å²) in [6.45, 7) is 0.348. The Hall–Kier alpha value is -2.80. The maximum Gasteiger partial charge on any atom is 0.315 e. The maximum absolute atomic E-state index is 13.1. The topological polar surface area (TPSA) is 76.7 Å². The minimum Gasteiger partial charge on any atom is -0.492 e. The van der Waals surface area contributed by atoms with Crippen LogP contribution in [0.25, 0.3) is 0 Å². The van der Waals surface area contributed by atoms with E-state index in [0.29, 0.717) is 16.3 Å². The summed E-state index contributed by atoms with van der Waals surface area (Å²) in [4.78, 5) is 23.8. The number of carbonyl (C=O) groups is 2. The van der Waals surface area contributed by atoms with Crippen LogP contribution in [-0.4, -0.2) is 32.3 Å². The number of ether oxygens (including phenoxy) is 2. The lowest BCUT2D eigenvalue weighted by atomic mass is 10.0. The molecule has 144 valence electrons. The highest BCUT2D eigenvalue weighted by Gasteiger charge is 2.20. The second kappa shape index (κ2) is 10.4. The molecule has 1 atom stereocenters. The molecule has 0 aliphatic carbocycles. The van der Waals surface area contributed by atoms with Gasteiger partial charge in [-0.1, -0.05) is 35.9 Å². The van der Waals surface area contributed by atoms with Crippen LogP contribution < -0.4 is 15.4 Å². The van der Waals surface area contributed by atoms with E-state index < -0.39 is 23.9 Å². The second-order valence-corrected chi connectivity index (χ2v) is 5.97. The van der Waals surface area contributed by atoms with Gasteiger partial charge in [0.15, 0.2) is 0 Å². The van der Waals surface area contributed by atoms with Crippen LogP contribution in [0, 0.1) is 5.82 Å². The standard InChI is InChI=1S/C19H20ClFN2O4/c1-26-18(24)12-17(15-7-2-3-8-16(15)20)23-19(25)22-9-10-27-14-6-4-5-13(21)11-14/h2-8,11,17H,9-10,12H2,1H3,(H2,22,23,25). The van der Waals surface area contributed by atoms with Crippen molar-refractivity contribution in [1.29, 1.82) is 0 Å². The van der Waals surface area contributed by atoms with Crippen molar-refractivity contribution in [3.05, 3.63) is 64.9 Å². The van der Waals surface area contributed by atoms with Crippen molar-refractivity contribution in [2.45, 2.75) is 12.5 Å². The summed E-state index contributed by atoms with van der Waals surface area (Å²) in [5.74, 6) is -0.505. The molecule has 2 N–H and O–H groups in total. The first-order chi connectivity index (χ1) is 13.0. The van der Waals surface area contributed by atoms with Crippen LogP contribution in [0.4, 0.5) is 9.18 Å². The highest BCUT2D eigenvalue weighted by atomic mass is 35.5. The number of amides is 2. The molecule has 2 amide bonds. The number of hydrogen-bond acceptors (Lipinski definition) is 4. The molecule has 2 rings (SSSR count). The van der Waals surface area contributed by atoms with Crippen molar-refractivity contribution in [2.24, 2.45) is 0 Å². The first-order valence-electron chi connectivity index (χ1n) is 8.23. The van der Waals surface area contributed by atoms with Gasteiger partial charge >= 0.3 is 12.0 Å². The van der Waals surface area contributed by atoms with E-state index in [1.165, 1.54) is 25.3 Å². The number of hydrogen-bond donors (Lipinski definition) is 2. The van der Waals surface area contributed by atoms with Gasteiger partial charge in [0.05, 0.1) is 26.1 Å². The van der Waals surface area contributed by atoms with Crippen LogP contribution in [0.15, 0.2) is 48.5 Å². The largest absolute Gasteiger partial charge is 0.492 e. The van der Waals surface area contributed by atoms with Crippen LogP contribution in [0.3, 0.4) is 0 Å². The predicted octanol–water partition coefficient (Wildman–Crippen LogP) is 3.46. The van der Waals surface area contributed by atoms with Gasteiger partial charge in [0, 0.05) is 11.1 Å². The highest BCUT2D eigenvalue weighted by Crippen LogP contribution is 2.25. The molecule has 2 aromatic carbocycles. The minimum absolute atomic E-state index is 0.0621. The van der Waals surface area contributed by atoms with Gasteiger partial charge in [0.25, 0.3) is 0 Å². The quantitative estimate of drug-likeness (QED) is 0.531. The molecular formula is C19H20ClFN2O4. The Kier molecular flexibility index (Phi) is 7.88. The summed E-state index contributed by atoms with van der Waals surface area (Å²) in [5.41, 5.74) is 0.607. The fourth-order valence-corrected chi connectivity index (χ4v) is 2.61. The molecular weight excluding hydrogens is 375 g/mol. The molecule has 0 radical (unpaired) electrons. The molecule has 0 fully saturated rings. The Morgan fingerprint density at radius 1 is 1.19 bits per heavy atom. The Labute approximate surface area is 161 Å². The van der Waals surface area contributed by atoms with Gasteiger partial charge in [-0.3, -0.25) is 4.79 Å². The van der Waals surface area contributed by atoms with Crippen LogP contribution in [-0.2, 0) is 9.53 Å². The summed E-state index contributed by atoms with van der Waals surface area (Å²) in [5, 5.41) is 5.74. The number of esters is 1. The zero-order valence-electron chi connectivity index (χ0n) is 14.7. The van der Waals surface area contributed by atoms with E-state index in [2.05, 4.69) is 15.4 Å². The van der Waals surface area contributed by atoms with Crippen molar-refractivity contribution in [3.8, 4) is 5.75 Å². The zero-order valence-corrected chi connectivity index (χ0v) is 15.5. The lowest BCUT2D eigenvalue weighted by molar-refractivity contribution is -0.141. The van der Waals surface area contributed by atoms with Crippen molar-refractivity contribution in [2.75, 3.05) is 20.3 Å². The first kappa shape index (κ1) is 20.5. The number of halogens is 2. The Balaban J connectivity index is 1.87. The van der Waals surface area contributed by atoms with Crippen molar-refractivity contribution in [1.82, 2.24) is 10.6 Å². The Bertz CT molecular complexity index is 788. The van der Waals surface area contributed by atoms with Gasteiger partial charge in [0.2, 0.25) is 0 Å². The van der Waals surface area contributed by atoms with Crippen molar-refractivity contribution in [3.63, 3.8) is 0 Å².